The van der Waals surface area contributed by atoms with Gasteiger partial charge in [0.1, 0.15) is 17.5 Å². The fourth-order valence-corrected chi connectivity index (χ4v) is 2.82. The van der Waals surface area contributed by atoms with Gasteiger partial charge in [0.25, 0.3) is 0 Å². The van der Waals surface area contributed by atoms with Gasteiger partial charge in [-0.05, 0) is 24.3 Å². The Morgan fingerprint density at radius 2 is 1.71 bits per heavy atom. The quantitative estimate of drug-likeness (QED) is 0.539. The van der Waals surface area contributed by atoms with E-state index in [9.17, 15) is 4.39 Å². The molecule has 4 aromatic rings. The number of nitriles is 1. The number of halogens is 1. The molecule has 0 bridgehead atoms. The summed E-state index contributed by atoms with van der Waals surface area (Å²) in [6.45, 7) is 0. The van der Waals surface area contributed by atoms with Gasteiger partial charge < -0.3 is 0 Å². The molecule has 2 aromatic carbocycles. The molecule has 0 saturated heterocycles. The Balaban J connectivity index is 2.03. The lowest BCUT2D eigenvalue weighted by atomic mass is 10.0. The molecule has 0 radical (unpaired) electrons. The molecule has 114 valence electrons. The summed E-state index contributed by atoms with van der Waals surface area (Å²) in [5, 5.41) is 8.94. The highest BCUT2D eigenvalue weighted by Gasteiger charge is 2.16. The molecule has 0 atom stereocenters. The van der Waals surface area contributed by atoms with Gasteiger partial charge in [0.15, 0.2) is 0 Å². The Kier molecular flexibility index (Phi) is 3.33. The first kappa shape index (κ1) is 14.2. The molecule has 0 spiro atoms. The van der Waals surface area contributed by atoms with E-state index in [2.05, 4.69) is 0 Å². The van der Waals surface area contributed by atoms with Crippen molar-refractivity contribution in [2.24, 2.45) is 0 Å². The largest absolute Gasteiger partial charge is 0.299 e. The third-order valence-corrected chi connectivity index (χ3v) is 3.94. The van der Waals surface area contributed by atoms with Crippen LogP contribution in [-0.4, -0.2) is 9.38 Å². The fourth-order valence-electron chi connectivity index (χ4n) is 2.82. The highest BCUT2D eigenvalue weighted by atomic mass is 19.1. The Bertz CT molecular complexity index is 1080. The van der Waals surface area contributed by atoms with Crippen LogP contribution >= 0.6 is 0 Å². The van der Waals surface area contributed by atoms with E-state index in [0.717, 1.165) is 22.6 Å². The summed E-state index contributed by atoms with van der Waals surface area (Å²) in [4.78, 5) is 4.71. The normalized spacial score (nSPS) is 10.7. The smallest absolute Gasteiger partial charge is 0.141 e. The number of pyridine rings is 1. The molecule has 0 aliphatic carbocycles. The Morgan fingerprint density at radius 1 is 0.917 bits per heavy atom. The van der Waals surface area contributed by atoms with E-state index in [1.165, 1.54) is 12.1 Å². The lowest BCUT2D eigenvalue weighted by molar-refractivity contribution is 0.624. The van der Waals surface area contributed by atoms with Crippen LogP contribution in [0.15, 0.2) is 72.9 Å². The Hall–Kier alpha value is -3.45. The Labute approximate surface area is 138 Å². The molecule has 0 amide bonds. The Morgan fingerprint density at radius 3 is 2.46 bits per heavy atom. The minimum absolute atomic E-state index is 0.0360. The molecule has 4 rings (SSSR count). The molecule has 0 N–H and O–H groups in total. The highest BCUT2D eigenvalue weighted by Crippen LogP contribution is 2.33. The van der Waals surface area contributed by atoms with Gasteiger partial charge in [-0.1, -0.05) is 42.5 Å². The average molecular weight is 313 g/mol. The molecule has 0 aliphatic heterocycles. The van der Waals surface area contributed by atoms with Crippen LogP contribution in [0.5, 0.6) is 0 Å². The molecule has 2 aromatic heterocycles. The van der Waals surface area contributed by atoms with Crippen LogP contribution in [0.4, 0.5) is 4.39 Å². The molecule has 3 nitrogen and oxygen atoms in total. The maximum atomic E-state index is 14.1. The van der Waals surface area contributed by atoms with Crippen LogP contribution in [-0.2, 0) is 0 Å². The average Bonchev–Trinajstić information content (AvgIpc) is 3.02. The monoisotopic (exact) mass is 313 g/mol. The van der Waals surface area contributed by atoms with Crippen LogP contribution in [0.2, 0.25) is 0 Å². The number of hydrogen-bond donors (Lipinski definition) is 0. The van der Waals surface area contributed by atoms with Crippen LogP contribution < -0.4 is 0 Å². The molecule has 2 heterocycles. The van der Waals surface area contributed by atoms with Gasteiger partial charge >= 0.3 is 0 Å². The summed E-state index contributed by atoms with van der Waals surface area (Å²) in [5.41, 5.74) is 4.06. The van der Waals surface area contributed by atoms with Crippen LogP contribution in [0.3, 0.4) is 0 Å². The van der Waals surface area contributed by atoms with E-state index in [4.69, 9.17) is 10.2 Å². The number of benzene rings is 2. The lowest BCUT2D eigenvalue weighted by Crippen LogP contribution is -1.91. The predicted octanol–water partition coefficient (Wildman–Crippen LogP) is 4.68. The van der Waals surface area contributed by atoms with E-state index in [1.54, 1.807) is 6.07 Å². The van der Waals surface area contributed by atoms with E-state index in [1.807, 2.05) is 65.2 Å². The minimum atomic E-state index is -0.528. The fraction of sp³-hybridized carbons (Fsp3) is 0. The summed E-state index contributed by atoms with van der Waals surface area (Å²) < 4.78 is 16.1. The van der Waals surface area contributed by atoms with E-state index < -0.39 is 5.82 Å². The van der Waals surface area contributed by atoms with Gasteiger partial charge in [-0.3, -0.25) is 4.40 Å². The molecule has 0 fully saturated rings. The van der Waals surface area contributed by atoms with Crippen molar-refractivity contribution in [2.75, 3.05) is 0 Å². The first-order valence-corrected chi connectivity index (χ1v) is 7.50. The van der Waals surface area contributed by atoms with Crippen molar-refractivity contribution in [1.82, 2.24) is 9.38 Å². The highest BCUT2D eigenvalue weighted by molar-refractivity contribution is 5.82. The summed E-state index contributed by atoms with van der Waals surface area (Å²) in [7, 11) is 0. The van der Waals surface area contributed by atoms with Crippen molar-refractivity contribution >= 4 is 5.65 Å². The lowest BCUT2D eigenvalue weighted by Gasteiger charge is -2.06. The predicted molar refractivity (Wildman–Crippen MR) is 90.7 cm³/mol. The number of hydrogen-bond acceptors (Lipinski definition) is 2. The second-order valence-electron chi connectivity index (χ2n) is 5.41. The van der Waals surface area contributed by atoms with Crippen LogP contribution in [0.1, 0.15) is 5.56 Å². The second-order valence-corrected chi connectivity index (χ2v) is 5.41. The van der Waals surface area contributed by atoms with E-state index in [-0.39, 0.29) is 5.56 Å². The first-order chi connectivity index (χ1) is 11.8. The van der Waals surface area contributed by atoms with Crippen LogP contribution in [0, 0.1) is 17.1 Å². The number of aromatic nitrogens is 2. The topological polar surface area (TPSA) is 41.1 Å². The van der Waals surface area contributed by atoms with Crippen molar-refractivity contribution in [3.63, 3.8) is 0 Å². The van der Waals surface area contributed by atoms with E-state index >= 15 is 0 Å². The molecule has 4 heteroatoms. The number of imidazole rings is 1. The zero-order valence-electron chi connectivity index (χ0n) is 12.6. The van der Waals surface area contributed by atoms with Crippen LogP contribution in [0.25, 0.3) is 28.2 Å². The molecular formula is C20H12FN3. The van der Waals surface area contributed by atoms with Crippen molar-refractivity contribution in [1.29, 1.82) is 5.26 Å². The van der Waals surface area contributed by atoms with E-state index in [0.29, 0.717) is 5.56 Å². The molecular weight excluding hydrogens is 301 g/mol. The van der Waals surface area contributed by atoms with Gasteiger partial charge in [0.2, 0.25) is 0 Å². The second kappa shape index (κ2) is 5.64. The molecule has 0 unspecified atom stereocenters. The van der Waals surface area contributed by atoms with Gasteiger partial charge in [0.05, 0.1) is 17.0 Å². The number of nitrogens with zero attached hydrogens (tertiary/aromatic N) is 3. The van der Waals surface area contributed by atoms with Crippen molar-refractivity contribution in [3.8, 4) is 28.6 Å². The minimum Gasteiger partial charge on any atom is -0.299 e. The zero-order valence-corrected chi connectivity index (χ0v) is 12.6. The van der Waals surface area contributed by atoms with Gasteiger partial charge in [-0.25, -0.2) is 9.37 Å². The maximum Gasteiger partial charge on any atom is 0.141 e. The molecule has 0 saturated carbocycles. The first-order valence-electron chi connectivity index (χ1n) is 7.50. The van der Waals surface area contributed by atoms with Crippen molar-refractivity contribution in [3.05, 3.63) is 84.3 Å². The summed E-state index contributed by atoms with van der Waals surface area (Å²) >= 11 is 0. The third kappa shape index (κ3) is 2.24. The number of rotatable bonds is 2. The zero-order chi connectivity index (χ0) is 16.5. The van der Waals surface area contributed by atoms with Gasteiger partial charge in [0, 0.05) is 17.3 Å². The van der Waals surface area contributed by atoms with Gasteiger partial charge in [-0.2, -0.15) is 5.26 Å². The molecule has 0 aliphatic rings. The SMILES string of the molecule is N#Cc1ccc(-c2c(-c3ccccc3)nc3ccccn23)cc1F. The van der Waals surface area contributed by atoms with Gasteiger partial charge in [-0.15, -0.1) is 0 Å². The summed E-state index contributed by atoms with van der Waals surface area (Å²) in [5.74, 6) is -0.528. The number of fused-ring (bicyclic) bond motifs is 1. The molecule has 24 heavy (non-hydrogen) atoms. The maximum absolute atomic E-state index is 14.1. The standard InChI is InChI=1S/C20H12FN3/c21-17-12-15(9-10-16(17)13-22)20-19(14-6-2-1-3-7-14)23-18-8-4-5-11-24(18)20/h1-12H. The van der Waals surface area contributed by atoms with Crippen molar-refractivity contribution in [2.45, 2.75) is 0 Å². The summed E-state index contributed by atoms with van der Waals surface area (Å²) in [6, 6.07) is 22.0. The third-order valence-electron chi connectivity index (χ3n) is 3.94. The van der Waals surface area contributed by atoms with Crippen molar-refractivity contribution < 1.29 is 4.39 Å². The summed E-state index contributed by atoms with van der Waals surface area (Å²) in [6.07, 6.45) is 1.90.